The zero-order chi connectivity index (χ0) is 22.2. The van der Waals surface area contributed by atoms with Gasteiger partial charge in [0.05, 0.1) is 7.11 Å². The Balaban J connectivity index is 1.97. The number of methoxy groups -OCH3 is 2. The van der Waals surface area contributed by atoms with Crippen molar-refractivity contribution in [3.63, 3.8) is 0 Å². The molecule has 5 nitrogen and oxygen atoms in total. The Morgan fingerprint density at radius 1 is 1.03 bits per heavy atom. The normalized spacial score (nSPS) is 11.9. The molecular formula is C22H21FN2O3S3. The number of esters is 1. The molecule has 2 aromatic carbocycles. The summed E-state index contributed by atoms with van der Waals surface area (Å²) in [6, 6.07) is 16.0. The van der Waals surface area contributed by atoms with E-state index >= 15 is 0 Å². The number of carbonyl (C=O) groups is 1. The number of hydrogen-bond acceptors (Lipinski definition) is 8. The molecule has 0 fully saturated rings. The number of ether oxygens (including phenoxy) is 2. The van der Waals surface area contributed by atoms with Gasteiger partial charge in [0.2, 0.25) is 0 Å². The highest BCUT2D eigenvalue weighted by molar-refractivity contribution is 8.00. The Kier molecular flexibility index (Phi) is 8.77. The average Bonchev–Trinajstić information content (AvgIpc) is 2.81. The quantitative estimate of drug-likeness (QED) is 0.125. The van der Waals surface area contributed by atoms with Crippen LogP contribution in [0.3, 0.4) is 0 Å². The molecule has 3 rings (SSSR count). The highest BCUT2D eigenvalue weighted by Crippen LogP contribution is 2.40. The first kappa shape index (κ1) is 23.6. The van der Waals surface area contributed by atoms with Gasteiger partial charge in [-0.15, -0.1) is 11.8 Å². The van der Waals surface area contributed by atoms with Gasteiger partial charge in [-0.3, -0.25) is 0 Å². The number of aromatic nitrogens is 2. The predicted octanol–water partition coefficient (Wildman–Crippen LogP) is 5.85. The van der Waals surface area contributed by atoms with Crippen LogP contribution in [0.1, 0.15) is 26.9 Å². The molecule has 0 spiro atoms. The lowest BCUT2D eigenvalue weighted by Gasteiger charge is -2.18. The SMILES string of the molecule is COC(=O)c1c(SCc2ccc(F)cc2)nc(SC)nc1SC(OC)c1ccccc1. The Hall–Kier alpha value is -2.07. The molecule has 0 radical (unpaired) electrons. The second kappa shape index (κ2) is 11.5. The van der Waals surface area contributed by atoms with Crippen molar-refractivity contribution in [1.82, 2.24) is 9.97 Å². The van der Waals surface area contributed by atoms with Gasteiger partial charge in [0, 0.05) is 12.9 Å². The van der Waals surface area contributed by atoms with Crippen LogP contribution >= 0.6 is 35.3 Å². The molecule has 1 heterocycles. The fourth-order valence-corrected chi connectivity index (χ4v) is 5.20. The van der Waals surface area contributed by atoms with Crippen molar-refractivity contribution in [2.75, 3.05) is 20.5 Å². The van der Waals surface area contributed by atoms with Crippen molar-refractivity contribution in [2.24, 2.45) is 0 Å². The van der Waals surface area contributed by atoms with E-state index in [9.17, 15) is 9.18 Å². The van der Waals surface area contributed by atoms with Crippen LogP contribution in [0.4, 0.5) is 4.39 Å². The van der Waals surface area contributed by atoms with Gasteiger partial charge < -0.3 is 9.47 Å². The molecule has 1 unspecified atom stereocenters. The minimum absolute atomic E-state index is 0.291. The third-order valence-electron chi connectivity index (χ3n) is 4.19. The number of rotatable bonds is 9. The summed E-state index contributed by atoms with van der Waals surface area (Å²) in [5.41, 5.74) is 1.81. The molecule has 0 saturated heterocycles. The summed E-state index contributed by atoms with van der Waals surface area (Å²) < 4.78 is 23.9. The maximum absolute atomic E-state index is 13.2. The van der Waals surface area contributed by atoms with Gasteiger partial charge in [0.1, 0.15) is 26.9 Å². The number of benzene rings is 2. The number of nitrogens with zero attached hydrogens (tertiary/aromatic N) is 2. The molecular weight excluding hydrogens is 455 g/mol. The van der Waals surface area contributed by atoms with E-state index in [2.05, 4.69) is 9.97 Å². The maximum atomic E-state index is 13.2. The van der Waals surface area contributed by atoms with Crippen LogP contribution in [0.2, 0.25) is 0 Å². The average molecular weight is 477 g/mol. The van der Waals surface area contributed by atoms with E-state index in [1.165, 1.54) is 54.5 Å². The summed E-state index contributed by atoms with van der Waals surface area (Å²) >= 11 is 4.10. The first-order chi connectivity index (χ1) is 15.0. The fourth-order valence-electron chi connectivity index (χ4n) is 2.66. The molecule has 31 heavy (non-hydrogen) atoms. The van der Waals surface area contributed by atoms with Crippen LogP contribution in [0.5, 0.6) is 0 Å². The second-order valence-corrected chi connectivity index (χ2v) is 8.99. The lowest BCUT2D eigenvalue weighted by Crippen LogP contribution is -2.11. The van der Waals surface area contributed by atoms with E-state index in [1.54, 1.807) is 19.2 Å². The summed E-state index contributed by atoms with van der Waals surface area (Å²) in [6.45, 7) is 0. The summed E-state index contributed by atoms with van der Waals surface area (Å²) in [4.78, 5) is 21.8. The van der Waals surface area contributed by atoms with Gasteiger partial charge in [-0.2, -0.15) is 0 Å². The van der Waals surface area contributed by atoms with E-state index in [0.717, 1.165) is 11.1 Å². The monoisotopic (exact) mass is 476 g/mol. The summed E-state index contributed by atoms with van der Waals surface area (Å²) in [5, 5.41) is 1.55. The van der Waals surface area contributed by atoms with Crippen LogP contribution in [-0.4, -0.2) is 36.4 Å². The van der Waals surface area contributed by atoms with Crippen molar-refractivity contribution < 1.29 is 18.7 Å². The molecule has 0 aliphatic rings. The zero-order valence-corrected chi connectivity index (χ0v) is 19.7. The first-order valence-electron chi connectivity index (χ1n) is 9.21. The van der Waals surface area contributed by atoms with Crippen LogP contribution in [0.25, 0.3) is 0 Å². The number of thioether (sulfide) groups is 3. The standard InChI is InChI=1S/C22H21FN2O3S3/c1-27-20(26)17-18(30-13-14-9-11-16(23)12-10-14)24-22(29-3)25-19(17)31-21(28-2)15-7-5-4-6-8-15/h4-12,21H,13H2,1-3H3. The van der Waals surface area contributed by atoms with Gasteiger partial charge >= 0.3 is 5.97 Å². The molecule has 9 heteroatoms. The topological polar surface area (TPSA) is 61.3 Å². The third-order valence-corrected chi connectivity index (χ3v) is 6.98. The van der Waals surface area contributed by atoms with Crippen molar-refractivity contribution in [3.05, 3.63) is 77.1 Å². The molecule has 0 saturated carbocycles. The van der Waals surface area contributed by atoms with E-state index in [-0.39, 0.29) is 11.3 Å². The smallest absolute Gasteiger partial charge is 0.343 e. The van der Waals surface area contributed by atoms with E-state index in [1.807, 2.05) is 36.6 Å². The van der Waals surface area contributed by atoms with Gasteiger partial charge in [0.25, 0.3) is 0 Å². The Morgan fingerprint density at radius 3 is 2.32 bits per heavy atom. The van der Waals surface area contributed by atoms with Crippen LogP contribution in [0.15, 0.2) is 69.8 Å². The molecule has 1 atom stereocenters. The number of hydrogen-bond donors (Lipinski definition) is 0. The van der Waals surface area contributed by atoms with Gasteiger partial charge in [-0.1, -0.05) is 66.0 Å². The summed E-state index contributed by atoms with van der Waals surface area (Å²) in [7, 11) is 2.95. The molecule has 0 N–H and O–H groups in total. The van der Waals surface area contributed by atoms with Crippen molar-refractivity contribution in [1.29, 1.82) is 0 Å². The van der Waals surface area contributed by atoms with Crippen molar-refractivity contribution >= 4 is 41.3 Å². The highest BCUT2D eigenvalue weighted by atomic mass is 32.2. The Bertz CT molecular complexity index is 1020. The maximum Gasteiger partial charge on any atom is 0.343 e. The lowest BCUT2D eigenvalue weighted by atomic mass is 10.2. The Morgan fingerprint density at radius 2 is 1.71 bits per heavy atom. The molecule has 1 aromatic heterocycles. The lowest BCUT2D eigenvalue weighted by molar-refractivity contribution is 0.0589. The van der Waals surface area contributed by atoms with Crippen LogP contribution in [-0.2, 0) is 15.2 Å². The summed E-state index contributed by atoms with van der Waals surface area (Å²) in [5.74, 6) is -0.286. The van der Waals surface area contributed by atoms with Crippen molar-refractivity contribution in [2.45, 2.75) is 26.4 Å². The van der Waals surface area contributed by atoms with E-state index < -0.39 is 5.97 Å². The minimum atomic E-state index is -0.514. The zero-order valence-electron chi connectivity index (χ0n) is 17.2. The fraction of sp³-hybridized carbons (Fsp3) is 0.227. The van der Waals surface area contributed by atoms with E-state index in [0.29, 0.717) is 26.5 Å². The van der Waals surface area contributed by atoms with Crippen molar-refractivity contribution in [3.8, 4) is 0 Å². The minimum Gasteiger partial charge on any atom is -0.465 e. The largest absolute Gasteiger partial charge is 0.465 e. The molecule has 162 valence electrons. The van der Waals surface area contributed by atoms with Gasteiger partial charge in [-0.05, 0) is 29.5 Å². The molecule has 0 bridgehead atoms. The van der Waals surface area contributed by atoms with Crippen LogP contribution < -0.4 is 0 Å². The number of halogens is 1. The first-order valence-corrected chi connectivity index (χ1v) is 12.3. The molecule has 0 aliphatic heterocycles. The number of carbonyl (C=O) groups excluding carboxylic acids is 1. The van der Waals surface area contributed by atoms with E-state index in [4.69, 9.17) is 9.47 Å². The molecule has 3 aromatic rings. The van der Waals surface area contributed by atoms with Gasteiger partial charge in [-0.25, -0.2) is 19.2 Å². The predicted molar refractivity (Wildman–Crippen MR) is 123 cm³/mol. The molecule has 0 aliphatic carbocycles. The van der Waals surface area contributed by atoms with Crippen LogP contribution in [0, 0.1) is 5.82 Å². The Labute approximate surface area is 193 Å². The molecule has 0 amide bonds. The van der Waals surface area contributed by atoms with Gasteiger partial charge in [0.15, 0.2) is 5.16 Å². The highest BCUT2D eigenvalue weighted by Gasteiger charge is 2.25. The summed E-state index contributed by atoms with van der Waals surface area (Å²) in [6.07, 6.45) is 1.88. The second-order valence-electron chi connectivity index (χ2n) is 6.20. The third kappa shape index (κ3) is 6.22.